The lowest BCUT2D eigenvalue weighted by molar-refractivity contribution is -0.274. The van der Waals surface area contributed by atoms with Crippen LogP contribution in [0.1, 0.15) is 17.3 Å². The third-order valence-electron chi connectivity index (χ3n) is 3.14. The third-order valence-corrected chi connectivity index (χ3v) is 3.14. The van der Waals surface area contributed by atoms with Crippen molar-refractivity contribution >= 4 is 23.3 Å². The zero-order valence-electron chi connectivity index (χ0n) is 14.0. The summed E-state index contributed by atoms with van der Waals surface area (Å²) in [5.74, 6) is -1.80. The standard InChI is InChI=1S/C17H15F4N3O3/c1-2-22-15(25)13-7-6-12(27-17(19,20)21)9-14(13)24-16(26)23-11-5-3-4-10(18)8-11/h3-9H,2H2,1H3,(H,22,25)(H2,23,24,26). The number of hydrogen-bond acceptors (Lipinski definition) is 3. The molecule has 0 saturated heterocycles. The van der Waals surface area contributed by atoms with Gasteiger partial charge < -0.3 is 20.7 Å². The molecule has 2 aromatic carbocycles. The van der Waals surface area contributed by atoms with Gasteiger partial charge in [0.2, 0.25) is 0 Å². The highest BCUT2D eigenvalue weighted by molar-refractivity contribution is 6.06. The molecular weight excluding hydrogens is 370 g/mol. The van der Waals surface area contributed by atoms with E-state index < -0.39 is 29.9 Å². The van der Waals surface area contributed by atoms with Crippen molar-refractivity contribution in [1.82, 2.24) is 5.32 Å². The Morgan fingerprint density at radius 2 is 1.81 bits per heavy atom. The Kier molecular flexibility index (Phi) is 6.22. The van der Waals surface area contributed by atoms with Crippen LogP contribution in [0.4, 0.5) is 33.7 Å². The average Bonchev–Trinajstić information content (AvgIpc) is 2.53. The van der Waals surface area contributed by atoms with E-state index in [1.54, 1.807) is 6.92 Å². The number of urea groups is 1. The molecule has 0 heterocycles. The Labute approximate surface area is 151 Å². The van der Waals surface area contributed by atoms with Crippen molar-refractivity contribution in [3.63, 3.8) is 0 Å². The second-order valence-electron chi connectivity index (χ2n) is 5.20. The first-order valence-corrected chi connectivity index (χ1v) is 7.69. The van der Waals surface area contributed by atoms with Gasteiger partial charge in [0.1, 0.15) is 11.6 Å². The molecule has 0 aliphatic carbocycles. The van der Waals surface area contributed by atoms with Gasteiger partial charge in [0.05, 0.1) is 11.3 Å². The molecule has 0 radical (unpaired) electrons. The number of carbonyl (C=O) groups excluding carboxylic acids is 2. The Bertz CT molecular complexity index is 840. The van der Waals surface area contributed by atoms with Gasteiger partial charge in [-0.25, -0.2) is 9.18 Å². The normalized spacial score (nSPS) is 10.9. The van der Waals surface area contributed by atoms with Gasteiger partial charge >= 0.3 is 12.4 Å². The number of carbonyl (C=O) groups is 2. The third kappa shape index (κ3) is 6.17. The summed E-state index contributed by atoms with van der Waals surface area (Å²) in [6.07, 6.45) is -4.94. The largest absolute Gasteiger partial charge is 0.573 e. The molecule has 10 heteroatoms. The average molecular weight is 385 g/mol. The number of anilines is 2. The molecule has 0 saturated carbocycles. The SMILES string of the molecule is CCNC(=O)c1ccc(OC(F)(F)F)cc1NC(=O)Nc1cccc(F)c1. The monoisotopic (exact) mass is 385 g/mol. The van der Waals surface area contributed by atoms with Gasteiger partial charge in [-0.2, -0.15) is 0 Å². The van der Waals surface area contributed by atoms with Gasteiger partial charge in [0.25, 0.3) is 5.91 Å². The predicted octanol–water partition coefficient (Wildman–Crippen LogP) is 4.12. The van der Waals surface area contributed by atoms with Gasteiger partial charge in [-0.1, -0.05) is 6.07 Å². The van der Waals surface area contributed by atoms with Crippen molar-refractivity contribution in [3.05, 3.63) is 53.8 Å². The summed E-state index contributed by atoms with van der Waals surface area (Å²) in [5, 5.41) is 7.05. The van der Waals surface area contributed by atoms with Gasteiger partial charge in [0.15, 0.2) is 0 Å². The van der Waals surface area contributed by atoms with Crippen molar-refractivity contribution in [3.8, 4) is 5.75 Å². The van der Waals surface area contributed by atoms with E-state index in [-0.39, 0.29) is 23.5 Å². The van der Waals surface area contributed by atoms with Crippen molar-refractivity contribution in [2.45, 2.75) is 13.3 Å². The van der Waals surface area contributed by atoms with Crippen LogP contribution in [0.15, 0.2) is 42.5 Å². The van der Waals surface area contributed by atoms with E-state index in [1.807, 2.05) is 0 Å². The minimum Gasteiger partial charge on any atom is -0.406 e. The van der Waals surface area contributed by atoms with Crippen LogP contribution in [0.3, 0.4) is 0 Å². The molecule has 0 unspecified atom stereocenters. The summed E-state index contributed by atoms with van der Waals surface area (Å²) in [4.78, 5) is 24.1. The molecule has 0 aliphatic rings. The first-order chi connectivity index (χ1) is 12.7. The van der Waals surface area contributed by atoms with Crippen LogP contribution in [0.5, 0.6) is 5.75 Å². The van der Waals surface area contributed by atoms with Crippen LogP contribution in [-0.2, 0) is 0 Å². The number of halogens is 4. The highest BCUT2D eigenvalue weighted by atomic mass is 19.4. The lowest BCUT2D eigenvalue weighted by Crippen LogP contribution is -2.26. The van der Waals surface area contributed by atoms with E-state index >= 15 is 0 Å². The Balaban J connectivity index is 2.25. The fraction of sp³-hybridized carbons (Fsp3) is 0.176. The number of hydrogen-bond donors (Lipinski definition) is 3. The van der Waals surface area contributed by atoms with Crippen molar-refractivity contribution in [2.75, 3.05) is 17.2 Å². The van der Waals surface area contributed by atoms with Crippen LogP contribution in [0.2, 0.25) is 0 Å². The second kappa shape index (κ2) is 8.39. The molecule has 6 nitrogen and oxygen atoms in total. The van der Waals surface area contributed by atoms with E-state index in [0.29, 0.717) is 0 Å². The maximum Gasteiger partial charge on any atom is 0.573 e. The molecule has 0 spiro atoms. The molecule has 144 valence electrons. The van der Waals surface area contributed by atoms with Gasteiger partial charge in [-0.15, -0.1) is 13.2 Å². The number of alkyl halides is 3. The van der Waals surface area contributed by atoms with E-state index in [0.717, 1.165) is 24.3 Å². The number of rotatable bonds is 5. The summed E-state index contributed by atoms with van der Waals surface area (Å²) in [7, 11) is 0. The first-order valence-electron chi connectivity index (χ1n) is 7.69. The van der Waals surface area contributed by atoms with Gasteiger partial charge in [-0.3, -0.25) is 4.79 Å². The molecule has 0 bridgehead atoms. The fourth-order valence-corrected chi connectivity index (χ4v) is 2.13. The molecule has 27 heavy (non-hydrogen) atoms. The molecule has 0 aliphatic heterocycles. The number of ether oxygens (including phenoxy) is 1. The van der Waals surface area contributed by atoms with Crippen LogP contribution >= 0.6 is 0 Å². The minimum atomic E-state index is -4.94. The summed E-state index contributed by atoms with van der Waals surface area (Å²) in [6.45, 7) is 1.93. The van der Waals surface area contributed by atoms with Crippen LogP contribution < -0.4 is 20.7 Å². The van der Waals surface area contributed by atoms with Crippen molar-refractivity contribution < 1.29 is 31.9 Å². The fourth-order valence-electron chi connectivity index (χ4n) is 2.13. The molecule has 3 N–H and O–H groups in total. The lowest BCUT2D eigenvalue weighted by atomic mass is 10.1. The summed E-state index contributed by atoms with van der Waals surface area (Å²) in [5.41, 5.74) is -0.160. The number of benzene rings is 2. The van der Waals surface area contributed by atoms with Crippen LogP contribution in [0.25, 0.3) is 0 Å². The van der Waals surface area contributed by atoms with E-state index in [1.165, 1.54) is 18.2 Å². The van der Waals surface area contributed by atoms with E-state index in [2.05, 4.69) is 20.7 Å². The van der Waals surface area contributed by atoms with Crippen LogP contribution in [-0.4, -0.2) is 24.8 Å². The summed E-state index contributed by atoms with van der Waals surface area (Å²) >= 11 is 0. The zero-order valence-corrected chi connectivity index (χ0v) is 14.0. The van der Waals surface area contributed by atoms with Crippen molar-refractivity contribution in [1.29, 1.82) is 0 Å². The highest BCUT2D eigenvalue weighted by Gasteiger charge is 2.31. The van der Waals surface area contributed by atoms with E-state index in [4.69, 9.17) is 0 Å². The zero-order chi connectivity index (χ0) is 20.0. The second-order valence-corrected chi connectivity index (χ2v) is 5.20. The molecule has 2 aromatic rings. The van der Waals surface area contributed by atoms with Crippen LogP contribution in [0, 0.1) is 5.82 Å². The number of nitrogens with one attached hydrogen (secondary N) is 3. The smallest absolute Gasteiger partial charge is 0.406 e. The van der Waals surface area contributed by atoms with Gasteiger partial charge in [0, 0.05) is 18.3 Å². The molecular formula is C17H15F4N3O3. The Morgan fingerprint density at radius 1 is 1.07 bits per heavy atom. The maximum atomic E-state index is 13.2. The predicted molar refractivity (Wildman–Crippen MR) is 90.2 cm³/mol. The summed E-state index contributed by atoms with van der Waals surface area (Å²) < 4.78 is 54.2. The molecule has 0 aromatic heterocycles. The number of amides is 3. The topological polar surface area (TPSA) is 79.5 Å². The summed E-state index contributed by atoms with van der Waals surface area (Å²) in [6, 6.07) is 7.03. The molecule has 2 rings (SSSR count). The Hall–Kier alpha value is -3.30. The van der Waals surface area contributed by atoms with Crippen molar-refractivity contribution in [2.24, 2.45) is 0 Å². The maximum absolute atomic E-state index is 13.2. The molecule has 3 amide bonds. The highest BCUT2D eigenvalue weighted by Crippen LogP contribution is 2.28. The lowest BCUT2D eigenvalue weighted by Gasteiger charge is -2.15. The quantitative estimate of drug-likeness (QED) is 0.678. The van der Waals surface area contributed by atoms with E-state index in [9.17, 15) is 27.2 Å². The minimum absolute atomic E-state index is 0.0687. The molecule has 0 atom stereocenters. The first kappa shape index (κ1) is 20.0. The Morgan fingerprint density at radius 3 is 2.44 bits per heavy atom. The van der Waals surface area contributed by atoms with Gasteiger partial charge in [-0.05, 0) is 37.3 Å². The molecule has 0 fully saturated rings.